The number of esters is 1. The topological polar surface area (TPSA) is 77.1 Å². The third-order valence-corrected chi connectivity index (χ3v) is 3.71. The maximum atomic E-state index is 11.7. The van der Waals surface area contributed by atoms with E-state index in [0.29, 0.717) is 26.4 Å². The molecule has 1 aliphatic heterocycles. The molecule has 132 valence electrons. The summed E-state index contributed by atoms with van der Waals surface area (Å²) in [4.78, 5) is 25.3. The molecule has 1 saturated heterocycles. The molecule has 24 heavy (non-hydrogen) atoms. The van der Waals surface area contributed by atoms with E-state index in [1.165, 1.54) is 0 Å². The first-order chi connectivity index (χ1) is 11.7. The molecule has 7 nitrogen and oxygen atoms in total. The second-order valence-corrected chi connectivity index (χ2v) is 5.36. The van der Waals surface area contributed by atoms with Gasteiger partial charge in [0.25, 0.3) is 0 Å². The van der Waals surface area contributed by atoms with Gasteiger partial charge in [0.1, 0.15) is 12.4 Å². The Morgan fingerprint density at radius 3 is 2.62 bits per heavy atom. The molecule has 1 amide bonds. The van der Waals surface area contributed by atoms with Gasteiger partial charge >= 0.3 is 11.9 Å². The van der Waals surface area contributed by atoms with Crippen LogP contribution in [0.25, 0.3) is 0 Å². The van der Waals surface area contributed by atoms with Gasteiger partial charge in [0, 0.05) is 19.6 Å². The Hall–Kier alpha value is -2.12. The first-order valence-corrected chi connectivity index (χ1v) is 8.15. The van der Waals surface area contributed by atoms with Gasteiger partial charge in [-0.3, -0.25) is 9.69 Å². The number of carbonyl (C=O) groups excluding carboxylic acids is 2. The summed E-state index contributed by atoms with van der Waals surface area (Å²) < 4.78 is 15.9. The third-order valence-electron chi connectivity index (χ3n) is 3.71. The highest BCUT2D eigenvalue weighted by molar-refractivity contribution is 6.32. The van der Waals surface area contributed by atoms with Crippen molar-refractivity contribution in [3.63, 3.8) is 0 Å². The first-order valence-electron chi connectivity index (χ1n) is 8.15. The van der Waals surface area contributed by atoms with E-state index < -0.39 is 11.9 Å². The normalized spacial score (nSPS) is 16.2. The van der Waals surface area contributed by atoms with Crippen molar-refractivity contribution in [3.8, 4) is 5.75 Å². The molecule has 7 heteroatoms. The first kappa shape index (κ1) is 18.2. The molecular formula is C17H24N2O5. The van der Waals surface area contributed by atoms with E-state index in [4.69, 9.17) is 14.2 Å². The molecule has 1 heterocycles. The summed E-state index contributed by atoms with van der Waals surface area (Å²) in [6.07, 6.45) is 0. The maximum Gasteiger partial charge on any atom is 0.396 e. The van der Waals surface area contributed by atoms with Crippen molar-refractivity contribution in [1.29, 1.82) is 0 Å². The van der Waals surface area contributed by atoms with Gasteiger partial charge in [-0.25, -0.2) is 4.79 Å². The zero-order valence-electron chi connectivity index (χ0n) is 13.9. The SMILES string of the molecule is CCOC(=O)C(=O)NCC(COc1ccccc1)N1CCOCC1. The molecule has 1 N–H and O–H groups in total. The predicted octanol–water partition coefficient (Wildman–Crippen LogP) is 0.446. The maximum absolute atomic E-state index is 11.7. The molecule has 2 rings (SSSR count). The van der Waals surface area contributed by atoms with Crippen LogP contribution in [0.2, 0.25) is 0 Å². The number of para-hydroxylation sites is 1. The lowest BCUT2D eigenvalue weighted by molar-refractivity contribution is -0.154. The number of carbonyl (C=O) groups is 2. The van der Waals surface area contributed by atoms with Gasteiger partial charge < -0.3 is 19.5 Å². The Bertz CT molecular complexity index is 517. The predicted molar refractivity (Wildman–Crippen MR) is 87.8 cm³/mol. The van der Waals surface area contributed by atoms with Gasteiger partial charge in [0.2, 0.25) is 0 Å². The van der Waals surface area contributed by atoms with Gasteiger partial charge in [0.15, 0.2) is 0 Å². The van der Waals surface area contributed by atoms with Crippen LogP contribution in [0.4, 0.5) is 0 Å². The van der Waals surface area contributed by atoms with Crippen LogP contribution in [0.3, 0.4) is 0 Å². The van der Waals surface area contributed by atoms with Crippen LogP contribution in [-0.4, -0.2) is 68.9 Å². The minimum Gasteiger partial charge on any atom is -0.492 e. The second kappa shape index (κ2) is 9.89. The summed E-state index contributed by atoms with van der Waals surface area (Å²) in [6, 6.07) is 9.45. The van der Waals surface area contributed by atoms with E-state index in [1.807, 2.05) is 30.3 Å². The standard InChI is InChI=1S/C17H24N2O5/c1-2-23-17(21)16(20)18-12-14(19-8-10-22-11-9-19)13-24-15-6-4-3-5-7-15/h3-7,14H,2,8-13H2,1H3,(H,18,20). The second-order valence-electron chi connectivity index (χ2n) is 5.36. The number of morpholine rings is 1. The highest BCUT2D eigenvalue weighted by Crippen LogP contribution is 2.11. The molecule has 1 fully saturated rings. The van der Waals surface area contributed by atoms with Crippen molar-refractivity contribution >= 4 is 11.9 Å². The van der Waals surface area contributed by atoms with Crippen LogP contribution in [0.1, 0.15) is 6.92 Å². The highest BCUT2D eigenvalue weighted by Gasteiger charge is 2.24. The molecule has 1 atom stereocenters. The van der Waals surface area contributed by atoms with Crippen LogP contribution in [0.5, 0.6) is 5.75 Å². The van der Waals surface area contributed by atoms with Crippen molar-refractivity contribution < 1.29 is 23.8 Å². The van der Waals surface area contributed by atoms with Crippen molar-refractivity contribution in [2.75, 3.05) is 46.1 Å². The number of rotatable bonds is 7. The van der Waals surface area contributed by atoms with E-state index in [1.54, 1.807) is 6.92 Å². The average molecular weight is 336 g/mol. The quantitative estimate of drug-likeness (QED) is 0.575. The summed E-state index contributed by atoms with van der Waals surface area (Å²) in [6.45, 7) is 5.38. The van der Waals surface area contributed by atoms with Gasteiger partial charge in [-0.15, -0.1) is 0 Å². The molecule has 0 bridgehead atoms. The lowest BCUT2D eigenvalue weighted by Gasteiger charge is -2.34. The number of amides is 1. The van der Waals surface area contributed by atoms with Crippen molar-refractivity contribution in [3.05, 3.63) is 30.3 Å². The number of hydrogen-bond acceptors (Lipinski definition) is 6. The molecule has 0 spiro atoms. The summed E-state index contributed by atoms with van der Waals surface area (Å²) in [5, 5.41) is 2.62. The van der Waals surface area contributed by atoms with E-state index in [0.717, 1.165) is 18.8 Å². The van der Waals surface area contributed by atoms with Gasteiger partial charge in [0.05, 0.1) is 25.9 Å². The Labute approximate surface area is 141 Å². The van der Waals surface area contributed by atoms with Crippen LogP contribution < -0.4 is 10.1 Å². The molecule has 0 radical (unpaired) electrons. The van der Waals surface area contributed by atoms with E-state index in [-0.39, 0.29) is 12.6 Å². The fraction of sp³-hybridized carbons (Fsp3) is 0.529. The van der Waals surface area contributed by atoms with Crippen LogP contribution in [0, 0.1) is 0 Å². The van der Waals surface area contributed by atoms with Gasteiger partial charge in [-0.05, 0) is 19.1 Å². The average Bonchev–Trinajstić information content (AvgIpc) is 2.63. The summed E-state index contributed by atoms with van der Waals surface area (Å²) in [5.41, 5.74) is 0. The number of ether oxygens (including phenoxy) is 3. The van der Waals surface area contributed by atoms with Crippen molar-refractivity contribution in [2.24, 2.45) is 0 Å². The fourth-order valence-corrected chi connectivity index (χ4v) is 2.42. The summed E-state index contributed by atoms with van der Waals surface area (Å²) in [5.74, 6) is -0.815. The van der Waals surface area contributed by atoms with Crippen LogP contribution in [-0.2, 0) is 19.1 Å². The van der Waals surface area contributed by atoms with E-state index >= 15 is 0 Å². The summed E-state index contributed by atoms with van der Waals surface area (Å²) >= 11 is 0. The Balaban J connectivity index is 1.89. The molecule has 0 saturated carbocycles. The number of benzene rings is 1. The zero-order valence-corrected chi connectivity index (χ0v) is 13.9. The fourth-order valence-electron chi connectivity index (χ4n) is 2.42. The lowest BCUT2D eigenvalue weighted by atomic mass is 10.2. The number of nitrogens with one attached hydrogen (secondary N) is 1. The molecule has 0 aromatic heterocycles. The Morgan fingerprint density at radius 1 is 1.25 bits per heavy atom. The molecule has 1 aromatic carbocycles. The van der Waals surface area contributed by atoms with Crippen molar-refractivity contribution in [2.45, 2.75) is 13.0 Å². The zero-order chi connectivity index (χ0) is 17.2. The third kappa shape index (κ3) is 5.82. The smallest absolute Gasteiger partial charge is 0.396 e. The highest BCUT2D eigenvalue weighted by atomic mass is 16.5. The molecule has 0 aliphatic carbocycles. The van der Waals surface area contributed by atoms with E-state index in [2.05, 4.69) is 10.2 Å². The van der Waals surface area contributed by atoms with Crippen molar-refractivity contribution in [1.82, 2.24) is 10.2 Å². The van der Waals surface area contributed by atoms with Crippen LogP contribution >= 0.6 is 0 Å². The molecule has 1 unspecified atom stereocenters. The lowest BCUT2D eigenvalue weighted by Crippen LogP contribution is -2.52. The van der Waals surface area contributed by atoms with Crippen LogP contribution in [0.15, 0.2) is 30.3 Å². The molecule has 1 aromatic rings. The molecular weight excluding hydrogens is 312 g/mol. The summed E-state index contributed by atoms with van der Waals surface area (Å²) in [7, 11) is 0. The Kier molecular flexibility index (Phi) is 7.51. The largest absolute Gasteiger partial charge is 0.492 e. The Morgan fingerprint density at radius 2 is 1.96 bits per heavy atom. The minimum atomic E-state index is -0.859. The van der Waals surface area contributed by atoms with Gasteiger partial charge in [-0.2, -0.15) is 0 Å². The molecule has 1 aliphatic rings. The number of nitrogens with zero attached hydrogens (tertiary/aromatic N) is 1. The van der Waals surface area contributed by atoms with E-state index in [9.17, 15) is 9.59 Å². The van der Waals surface area contributed by atoms with Gasteiger partial charge in [-0.1, -0.05) is 18.2 Å². The number of hydrogen-bond donors (Lipinski definition) is 1. The monoisotopic (exact) mass is 336 g/mol. The minimum absolute atomic E-state index is 0.0486.